The van der Waals surface area contributed by atoms with Gasteiger partial charge in [0.05, 0.1) is 19.8 Å². The van der Waals surface area contributed by atoms with E-state index in [1.807, 2.05) is 19.0 Å². The molecule has 0 fully saturated rings. The average molecular weight is 279 g/mol. The van der Waals surface area contributed by atoms with Crippen molar-refractivity contribution in [3.8, 4) is 0 Å². The van der Waals surface area contributed by atoms with Crippen LogP contribution in [0.15, 0.2) is 0 Å². The van der Waals surface area contributed by atoms with Crippen LogP contribution in [0, 0.1) is 0 Å². The maximum Gasteiger partial charge on any atom is 0.173 e. The van der Waals surface area contributed by atoms with E-state index < -0.39 is 0 Å². The van der Waals surface area contributed by atoms with Crippen LogP contribution in [0.5, 0.6) is 0 Å². The van der Waals surface area contributed by atoms with E-state index in [-0.39, 0.29) is 24.8 Å². The number of rotatable bonds is 7. The van der Waals surface area contributed by atoms with E-state index in [4.69, 9.17) is 27.4 Å². The fourth-order valence-electron chi connectivity index (χ4n) is 0.704. The fraction of sp³-hybridized carbons (Fsp3) is 0.875. The van der Waals surface area contributed by atoms with Crippen molar-refractivity contribution in [1.82, 2.24) is 4.90 Å². The highest BCUT2D eigenvalue weighted by Crippen LogP contribution is 1.86. The number of hydrogen-bond acceptors (Lipinski definition) is 5. The summed E-state index contributed by atoms with van der Waals surface area (Å²) in [5.74, 6) is 0. The number of likely N-dealkylation sites (N-methyl/N-ethyl adjacent to an activating group) is 1. The Morgan fingerprint density at radius 1 is 1.20 bits per heavy atom. The van der Waals surface area contributed by atoms with Crippen LogP contribution in [-0.2, 0) is 9.47 Å². The van der Waals surface area contributed by atoms with Gasteiger partial charge in [-0.15, -0.1) is 24.8 Å². The normalized spacial score (nSPS) is 9.07. The van der Waals surface area contributed by atoms with Crippen molar-refractivity contribution in [3.05, 3.63) is 0 Å². The molecule has 0 spiro atoms. The van der Waals surface area contributed by atoms with E-state index in [1.165, 1.54) is 0 Å². The molecule has 0 aromatic rings. The molecule has 0 aromatic heterocycles. The zero-order valence-electron chi connectivity index (χ0n) is 9.10. The minimum absolute atomic E-state index is 0. The maximum absolute atomic E-state index is 5.24. The van der Waals surface area contributed by atoms with Gasteiger partial charge in [0, 0.05) is 6.54 Å². The molecule has 7 heteroatoms. The van der Waals surface area contributed by atoms with Crippen molar-refractivity contribution in [3.63, 3.8) is 0 Å². The van der Waals surface area contributed by atoms with Gasteiger partial charge < -0.3 is 20.1 Å². The second-order valence-electron chi connectivity index (χ2n) is 2.86. The molecule has 0 bridgehead atoms. The lowest BCUT2D eigenvalue weighted by molar-refractivity contribution is 0.101. The summed E-state index contributed by atoms with van der Waals surface area (Å²) in [6.07, 6.45) is 0. The Labute approximate surface area is 109 Å². The molecule has 0 heterocycles. The summed E-state index contributed by atoms with van der Waals surface area (Å²) in [4.78, 5) is 1.96. The first kappa shape index (κ1) is 20.7. The van der Waals surface area contributed by atoms with Crippen molar-refractivity contribution in [2.45, 2.75) is 0 Å². The number of halogens is 2. The van der Waals surface area contributed by atoms with Gasteiger partial charge in [-0.3, -0.25) is 0 Å². The highest BCUT2D eigenvalue weighted by molar-refractivity contribution is 7.80. The molecular formula is C8H20Cl2N2O2S. The predicted molar refractivity (Wildman–Crippen MR) is 71.5 cm³/mol. The molecule has 0 amide bonds. The number of thiocarbonyl (C=S) groups is 1. The number of ether oxygens (including phenoxy) is 2. The van der Waals surface area contributed by atoms with Gasteiger partial charge in [-0.05, 0) is 26.3 Å². The molecular weight excluding hydrogens is 259 g/mol. The highest BCUT2D eigenvalue weighted by atomic mass is 35.5. The van der Waals surface area contributed by atoms with Gasteiger partial charge in [0.1, 0.15) is 6.61 Å². The Morgan fingerprint density at radius 2 is 1.80 bits per heavy atom. The van der Waals surface area contributed by atoms with Crippen LogP contribution in [0.2, 0.25) is 0 Å². The molecule has 0 saturated heterocycles. The molecule has 0 saturated carbocycles. The first-order chi connectivity index (χ1) is 6.16. The van der Waals surface area contributed by atoms with Crippen LogP contribution in [-0.4, -0.2) is 57.0 Å². The molecule has 0 radical (unpaired) electrons. The Hall–Kier alpha value is 0.350. The lowest BCUT2D eigenvalue weighted by Crippen LogP contribution is -2.23. The largest absolute Gasteiger partial charge is 0.483 e. The van der Waals surface area contributed by atoms with E-state index in [1.54, 1.807) is 0 Å². The van der Waals surface area contributed by atoms with Crippen molar-refractivity contribution < 1.29 is 9.47 Å². The fourth-order valence-corrected chi connectivity index (χ4v) is 1.05. The van der Waals surface area contributed by atoms with Crippen LogP contribution in [0.4, 0.5) is 0 Å². The van der Waals surface area contributed by atoms with Crippen molar-refractivity contribution in [1.29, 1.82) is 0 Å². The third kappa shape index (κ3) is 17.0. The first-order valence-electron chi connectivity index (χ1n) is 4.25. The van der Waals surface area contributed by atoms with Gasteiger partial charge in [-0.25, -0.2) is 0 Å². The van der Waals surface area contributed by atoms with E-state index in [9.17, 15) is 0 Å². The summed E-state index contributed by atoms with van der Waals surface area (Å²) >= 11 is 4.96. The summed E-state index contributed by atoms with van der Waals surface area (Å²) in [6.45, 7) is 2.84. The third-order valence-electron chi connectivity index (χ3n) is 1.20. The van der Waals surface area contributed by atoms with E-state index in [2.05, 4.69) is 0 Å². The Balaban J connectivity index is -0.000000720. The van der Waals surface area contributed by atoms with Crippen LogP contribution in [0.3, 0.4) is 0 Å². The van der Waals surface area contributed by atoms with E-state index >= 15 is 0 Å². The summed E-state index contributed by atoms with van der Waals surface area (Å²) in [5, 5.41) is 0.598. The zero-order chi connectivity index (χ0) is 10.1. The van der Waals surface area contributed by atoms with Crippen LogP contribution < -0.4 is 5.73 Å². The number of nitrogens with zero attached hydrogens (tertiary/aromatic N) is 1. The Morgan fingerprint density at radius 3 is 2.27 bits per heavy atom. The van der Waals surface area contributed by atoms with Gasteiger partial charge in [-0.1, -0.05) is 0 Å². The van der Waals surface area contributed by atoms with E-state index in [0.717, 1.165) is 0 Å². The van der Waals surface area contributed by atoms with Gasteiger partial charge in [-0.2, -0.15) is 0 Å². The lowest BCUT2D eigenvalue weighted by atomic mass is 10.6. The molecule has 0 unspecified atom stereocenters. The highest BCUT2D eigenvalue weighted by Gasteiger charge is 1.98. The van der Waals surface area contributed by atoms with Crippen LogP contribution in [0.25, 0.3) is 0 Å². The minimum Gasteiger partial charge on any atom is -0.483 e. The van der Waals surface area contributed by atoms with Gasteiger partial charge >= 0.3 is 0 Å². The Kier molecular flexibility index (Phi) is 19.8. The molecule has 0 rings (SSSR count). The van der Waals surface area contributed by atoms with E-state index in [0.29, 0.717) is 38.0 Å². The molecule has 0 aliphatic rings. The summed E-state index contributed by atoms with van der Waals surface area (Å²) in [5.41, 5.74) is 5.24. The molecule has 0 atom stereocenters. The molecule has 4 nitrogen and oxygen atoms in total. The third-order valence-corrected chi connectivity index (χ3v) is 1.45. The van der Waals surface area contributed by atoms with Crippen molar-refractivity contribution in [2.75, 3.05) is 47.0 Å². The van der Waals surface area contributed by atoms with Crippen LogP contribution in [0.1, 0.15) is 0 Å². The second-order valence-corrected chi connectivity index (χ2v) is 3.31. The second kappa shape index (κ2) is 14.3. The van der Waals surface area contributed by atoms with Crippen molar-refractivity contribution in [2.24, 2.45) is 5.73 Å². The number of nitrogens with two attached hydrogens (primary N) is 1. The predicted octanol–water partition coefficient (Wildman–Crippen LogP) is 0.711. The quantitative estimate of drug-likeness (QED) is 0.549. The van der Waals surface area contributed by atoms with Gasteiger partial charge in [0.25, 0.3) is 0 Å². The smallest absolute Gasteiger partial charge is 0.173 e. The standard InChI is InChI=1S/C8H18N2O2S.2ClH/c1-10(2)7-8(13)12-6-5-11-4-3-9;;/h3-7,9H2,1-2H3;2*1H. The van der Waals surface area contributed by atoms with Gasteiger partial charge in [0.15, 0.2) is 5.05 Å². The topological polar surface area (TPSA) is 47.7 Å². The zero-order valence-corrected chi connectivity index (χ0v) is 11.6. The molecule has 0 aliphatic heterocycles. The van der Waals surface area contributed by atoms with Crippen molar-refractivity contribution >= 4 is 42.1 Å². The molecule has 0 aliphatic carbocycles. The van der Waals surface area contributed by atoms with Gasteiger partial charge in [0.2, 0.25) is 0 Å². The molecule has 0 aromatic carbocycles. The summed E-state index contributed by atoms with van der Waals surface area (Å²) in [6, 6.07) is 0. The molecule has 15 heavy (non-hydrogen) atoms. The monoisotopic (exact) mass is 278 g/mol. The van der Waals surface area contributed by atoms with Crippen LogP contribution >= 0.6 is 37.0 Å². The summed E-state index contributed by atoms with van der Waals surface area (Å²) < 4.78 is 10.3. The SMILES string of the molecule is CN(C)CC(=S)OCCOCCN.Cl.Cl. The lowest BCUT2D eigenvalue weighted by Gasteiger charge is -2.11. The molecule has 94 valence electrons. The maximum atomic E-state index is 5.24. The number of hydrogen-bond donors (Lipinski definition) is 1. The Bertz CT molecular complexity index is 151. The average Bonchev–Trinajstić information content (AvgIpc) is 2.02. The molecule has 2 N–H and O–H groups in total. The summed E-state index contributed by atoms with van der Waals surface area (Å²) in [7, 11) is 3.89. The first-order valence-corrected chi connectivity index (χ1v) is 4.65. The minimum atomic E-state index is 0.